The minimum Gasteiger partial charge on any atom is -0.458 e. The predicted octanol–water partition coefficient (Wildman–Crippen LogP) is 3.37. The molecule has 2 aromatic rings. The number of rotatable bonds is 12. The molecular formula is C47H77N7O13S. The Kier molecular flexibility index (Phi) is 16.9. The van der Waals surface area contributed by atoms with Crippen LogP contribution in [0.4, 0.5) is 11.8 Å². The molecule has 4 aliphatic heterocycles. The summed E-state index contributed by atoms with van der Waals surface area (Å²) in [6.07, 6.45) is -5.52. The number of aliphatic hydroxyl groups excluding tert-OH is 2. The van der Waals surface area contributed by atoms with Crippen LogP contribution in [0.15, 0.2) is 6.33 Å². The van der Waals surface area contributed by atoms with E-state index in [2.05, 4.69) is 15.0 Å². The summed E-state index contributed by atoms with van der Waals surface area (Å²) in [5.41, 5.74) is 9.05. The molecule has 20 nitrogen and oxygen atoms in total. The Morgan fingerprint density at radius 1 is 0.926 bits per heavy atom. The number of methoxy groups -OCH3 is 2. The van der Waals surface area contributed by atoms with Gasteiger partial charge in [-0.05, 0) is 74.9 Å². The van der Waals surface area contributed by atoms with Crippen LogP contribution in [0.2, 0.25) is 0 Å². The van der Waals surface area contributed by atoms with Crippen molar-refractivity contribution >= 4 is 52.4 Å². The van der Waals surface area contributed by atoms with E-state index in [1.165, 1.54) is 18.9 Å². The summed E-state index contributed by atoms with van der Waals surface area (Å²) >= 11 is 1.34. The number of aliphatic hydroxyl groups is 2. The van der Waals surface area contributed by atoms with Crippen molar-refractivity contribution in [1.82, 2.24) is 24.4 Å². The number of carbonyl (C=O) groups is 3. The van der Waals surface area contributed by atoms with Crippen molar-refractivity contribution < 1.29 is 62.5 Å². The largest absolute Gasteiger partial charge is 0.458 e. The third-order valence-corrected chi connectivity index (χ3v) is 16.7. The number of likely N-dealkylation sites (N-methyl/N-ethyl adjacent to an activating group) is 1. The van der Waals surface area contributed by atoms with Crippen LogP contribution in [0.5, 0.6) is 0 Å². The molecule has 384 valence electrons. The highest BCUT2D eigenvalue weighted by molar-refractivity contribution is 8.00. The van der Waals surface area contributed by atoms with Crippen LogP contribution in [-0.2, 0) is 58.8 Å². The molecule has 4 fully saturated rings. The highest BCUT2D eigenvalue weighted by atomic mass is 32.2. The third kappa shape index (κ3) is 10.5. The summed E-state index contributed by atoms with van der Waals surface area (Å²) in [6, 6.07) is -0.308. The Hall–Kier alpha value is -3.25. The molecule has 0 amide bonds. The first-order valence-corrected chi connectivity index (χ1v) is 25.0. The lowest BCUT2D eigenvalue weighted by Crippen LogP contribution is -2.61. The second-order valence-corrected chi connectivity index (χ2v) is 21.7. The van der Waals surface area contributed by atoms with E-state index in [1.807, 2.05) is 60.5 Å². The Bertz CT molecular complexity index is 2100. The summed E-state index contributed by atoms with van der Waals surface area (Å²) < 4.78 is 53.4. The normalized spacial score (nSPS) is 42.2. The summed E-state index contributed by atoms with van der Waals surface area (Å²) in [4.78, 5) is 59.0. The van der Waals surface area contributed by atoms with Gasteiger partial charge in [0.1, 0.15) is 34.9 Å². The molecular weight excluding hydrogens is 903 g/mol. The predicted molar refractivity (Wildman–Crippen MR) is 253 cm³/mol. The molecule has 21 heteroatoms. The maximum Gasteiger partial charge on any atom is 0.320 e. The number of carbonyl (C=O) groups excluding carboxylic acids is 3. The first-order valence-electron chi connectivity index (χ1n) is 23.9. The molecule has 0 aliphatic carbocycles. The second-order valence-electron chi connectivity index (χ2n) is 20.5. The molecule has 0 radical (unpaired) electrons. The van der Waals surface area contributed by atoms with Gasteiger partial charge in [0.05, 0.1) is 47.9 Å². The van der Waals surface area contributed by atoms with Gasteiger partial charge in [0.25, 0.3) is 0 Å². The van der Waals surface area contributed by atoms with Crippen LogP contribution in [0, 0.1) is 29.6 Å². The number of hydrogen-bond donors (Lipinski definition) is 4. The monoisotopic (exact) mass is 980 g/mol. The molecule has 4 saturated heterocycles. The maximum atomic E-state index is 15.1. The maximum absolute atomic E-state index is 15.1. The number of aryl methyl sites for hydroxylation is 1. The number of nitrogens with two attached hydrogens (primary N) is 2. The number of esters is 2. The molecule has 68 heavy (non-hydrogen) atoms. The van der Waals surface area contributed by atoms with Crippen molar-refractivity contribution in [3.8, 4) is 0 Å². The SMILES string of the molecule is CC[C@H]1OC(=O)[C@H](C)[C@@H](O[C@H]2C[C@@](C)(OC)[C@@H](O)[C@@H](C)O2)[C@H](C)[C@@H](O[C@@H]2O[C@H](C)C[C@H](N(C)C)[C@H]2O)[C@](C)(OC)C[C@@H](C)C(=O)[C@@H](C)C2C(SCCn3cnc4c(N)nc(N)nc43)C(=O)O[C@@]21C. The first-order chi connectivity index (χ1) is 31.8. The van der Waals surface area contributed by atoms with E-state index in [9.17, 15) is 19.8 Å². The van der Waals surface area contributed by atoms with Crippen LogP contribution in [0.1, 0.15) is 94.9 Å². The fourth-order valence-corrected chi connectivity index (χ4v) is 12.8. The molecule has 0 bridgehead atoms. The lowest BCUT2D eigenvalue weighted by Gasteiger charge is -2.50. The van der Waals surface area contributed by atoms with Gasteiger partial charge >= 0.3 is 11.9 Å². The van der Waals surface area contributed by atoms with Gasteiger partial charge in [-0.15, -0.1) is 11.8 Å². The zero-order valence-electron chi connectivity index (χ0n) is 42.2. The van der Waals surface area contributed by atoms with Crippen LogP contribution in [-0.4, -0.2) is 170 Å². The minimum atomic E-state index is -1.43. The Balaban J connectivity index is 1.41. The molecule has 0 spiro atoms. The number of ether oxygens (including phenoxy) is 8. The van der Waals surface area contributed by atoms with Crippen molar-refractivity contribution in [1.29, 1.82) is 0 Å². The molecule has 2 aromatic heterocycles. The zero-order valence-corrected chi connectivity index (χ0v) is 43.1. The molecule has 0 saturated carbocycles. The number of hydrogen-bond acceptors (Lipinski definition) is 20. The smallest absolute Gasteiger partial charge is 0.320 e. The second kappa shape index (κ2) is 21.2. The molecule has 19 atom stereocenters. The number of Topliss-reactive ketones (excluding diaryl/α,β-unsaturated/α-hetero) is 1. The van der Waals surface area contributed by atoms with Crippen molar-refractivity contribution in [3.63, 3.8) is 0 Å². The lowest BCUT2D eigenvalue weighted by molar-refractivity contribution is -0.319. The Morgan fingerprint density at radius 2 is 1.60 bits per heavy atom. The average molecular weight is 980 g/mol. The quantitative estimate of drug-likeness (QED) is 0.222. The van der Waals surface area contributed by atoms with Gasteiger partial charge in [-0.1, -0.05) is 27.7 Å². The fraction of sp³-hybridized carbons (Fsp3) is 0.830. The van der Waals surface area contributed by atoms with Gasteiger partial charge in [0, 0.05) is 62.7 Å². The number of imidazole rings is 1. The van der Waals surface area contributed by atoms with Crippen LogP contribution >= 0.6 is 11.8 Å². The van der Waals surface area contributed by atoms with Gasteiger partial charge in [0.15, 0.2) is 29.6 Å². The number of fused-ring (bicyclic) bond motifs is 2. The van der Waals surface area contributed by atoms with Gasteiger partial charge in [-0.25, -0.2) is 4.98 Å². The topological polar surface area (TPSA) is 264 Å². The van der Waals surface area contributed by atoms with E-state index in [4.69, 9.17) is 49.4 Å². The number of aromatic nitrogens is 4. The molecule has 6 heterocycles. The highest BCUT2D eigenvalue weighted by Crippen LogP contribution is 2.49. The first kappa shape index (κ1) is 54.1. The van der Waals surface area contributed by atoms with Gasteiger partial charge < -0.3 is 69.0 Å². The van der Waals surface area contributed by atoms with Crippen LogP contribution in [0.3, 0.4) is 0 Å². The summed E-state index contributed by atoms with van der Waals surface area (Å²) in [5.74, 6) is -4.75. The number of nitrogen functional groups attached to an aromatic ring is 2. The van der Waals surface area contributed by atoms with E-state index in [0.29, 0.717) is 29.9 Å². The number of nitrogens with zero attached hydrogens (tertiary/aromatic N) is 5. The third-order valence-electron chi connectivity index (χ3n) is 15.4. The van der Waals surface area contributed by atoms with E-state index in [0.717, 1.165) is 0 Å². The van der Waals surface area contributed by atoms with Crippen molar-refractivity contribution in [2.24, 2.45) is 29.6 Å². The van der Waals surface area contributed by atoms with Gasteiger partial charge in [-0.3, -0.25) is 14.4 Å². The van der Waals surface area contributed by atoms with Crippen molar-refractivity contribution in [2.75, 3.05) is 45.5 Å². The summed E-state index contributed by atoms with van der Waals surface area (Å²) in [6.45, 7) is 18.4. The molecule has 2 unspecified atom stereocenters. The number of anilines is 2. The lowest BCUT2D eigenvalue weighted by atomic mass is 9.70. The van der Waals surface area contributed by atoms with Crippen molar-refractivity contribution in [2.45, 2.75) is 185 Å². The van der Waals surface area contributed by atoms with Crippen molar-refractivity contribution in [3.05, 3.63) is 6.33 Å². The standard InChI is InChI=1S/C47H77N7O13S/c1-15-29-47(10)31(36(42(59)67-47)68-17-16-54-21-50-32-39(48)51-44(49)52-40(32)54)24(4)33(55)22(2)19-46(9,61-14)38(66-43-34(56)28(53(11)12)18-23(3)62-43)25(5)35(26(6)41(58)64-29)65-30-20-45(8,60-13)37(57)27(7)63-30/h21-31,34-38,43,56-57H,15-20H2,1-14H3,(H4,48,49,51,52)/t22-,23-,24+,25+,26-,27-,28+,29-,30+,31?,34-,35+,36?,37+,38-,43+,45-,46-,47-/m1/s1. The van der Waals surface area contributed by atoms with Gasteiger partial charge in [0.2, 0.25) is 5.95 Å². The Morgan fingerprint density at radius 3 is 2.24 bits per heavy atom. The van der Waals surface area contributed by atoms with E-state index >= 15 is 4.79 Å². The molecule has 6 N–H and O–H groups in total. The van der Waals surface area contributed by atoms with E-state index in [-0.39, 0.29) is 49.0 Å². The highest BCUT2D eigenvalue weighted by Gasteiger charge is 2.62. The Labute approximate surface area is 404 Å². The van der Waals surface area contributed by atoms with E-state index in [1.54, 1.807) is 45.7 Å². The van der Waals surface area contributed by atoms with Crippen LogP contribution < -0.4 is 11.5 Å². The van der Waals surface area contributed by atoms with Crippen LogP contribution in [0.25, 0.3) is 11.2 Å². The molecule has 6 rings (SSSR count). The summed E-state index contributed by atoms with van der Waals surface area (Å²) in [7, 11) is 6.83. The zero-order chi connectivity index (χ0) is 50.4. The van der Waals surface area contributed by atoms with E-state index < -0.39 is 113 Å². The number of cyclic esters (lactones) is 1. The molecule has 4 aliphatic rings. The fourth-order valence-electron chi connectivity index (χ4n) is 11.3. The summed E-state index contributed by atoms with van der Waals surface area (Å²) in [5, 5.41) is 22.1. The average Bonchev–Trinajstić information content (AvgIpc) is 3.81. The number of ketones is 1. The number of thioether (sulfide) groups is 1. The minimum absolute atomic E-state index is 0.00306. The molecule has 0 aromatic carbocycles. The van der Waals surface area contributed by atoms with Gasteiger partial charge in [-0.2, -0.15) is 9.97 Å².